The maximum absolute atomic E-state index is 14.0. The van der Waals surface area contributed by atoms with Crippen molar-refractivity contribution in [2.75, 3.05) is 9.80 Å². The molecule has 54 heavy (non-hydrogen) atoms. The van der Waals surface area contributed by atoms with Crippen molar-refractivity contribution >= 4 is 80.6 Å². The number of benzene rings is 6. The van der Waals surface area contributed by atoms with Crippen LogP contribution in [-0.2, 0) is 9.59 Å². The Morgan fingerprint density at radius 3 is 1.17 bits per heavy atom. The lowest BCUT2D eigenvalue weighted by molar-refractivity contribution is -0.114. The van der Waals surface area contributed by atoms with Crippen LogP contribution in [0, 0.1) is 13.8 Å². The highest BCUT2D eigenvalue weighted by Crippen LogP contribution is 2.42. The first-order valence-corrected chi connectivity index (χ1v) is 19.1. The summed E-state index contributed by atoms with van der Waals surface area (Å²) in [6.07, 6.45) is 3.84. The molecule has 0 aliphatic carbocycles. The molecule has 2 fully saturated rings. The first-order chi connectivity index (χ1) is 26.4. The van der Waals surface area contributed by atoms with Crippen LogP contribution in [-0.4, -0.2) is 22.1 Å². The van der Waals surface area contributed by atoms with E-state index in [2.05, 4.69) is 12.1 Å². The third-order valence-electron chi connectivity index (χ3n) is 8.98. The number of para-hydroxylation sites is 2. The summed E-state index contributed by atoms with van der Waals surface area (Å²) >= 11 is 2.75. The van der Waals surface area contributed by atoms with Crippen molar-refractivity contribution in [2.45, 2.75) is 13.8 Å². The predicted octanol–water partition coefficient (Wildman–Crippen LogP) is 11.6. The van der Waals surface area contributed by atoms with Gasteiger partial charge in [0, 0.05) is 0 Å². The van der Waals surface area contributed by atoms with Crippen LogP contribution in [0.15, 0.2) is 178 Å². The number of amides is 2. The van der Waals surface area contributed by atoms with E-state index in [1.807, 2.05) is 172 Å². The van der Waals surface area contributed by atoms with E-state index in [-0.39, 0.29) is 11.8 Å². The van der Waals surface area contributed by atoms with Crippen molar-refractivity contribution in [2.24, 2.45) is 9.98 Å². The van der Waals surface area contributed by atoms with Gasteiger partial charge in [0.25, 0.3) is 11.8 Å². The molecule has 0 bridgehead atoms. The van der Waals surface area contributed by atoms with Crippen molar-refractivity contribution in [1.82, 2.24) is 0 Å². The molecule has 6 aromatic rings. The minimum absolute atomic E-state index is 0.114. The van der Waals surface area contributed by atoms with Gasteiger partial charge in [-0.1, -0.05) is 109 Å². The average molecular weight is 739 g/mol. The topological polar surface area (TPSA) is 65.3 Å². The molecule has 6 aromatic carbocycles. The van der Waals surface area contributed by atoms with Gasteiger partial charge in [-0.05, 0) is 131 Å². The number of amidine groups is 2. The third-order valence-corrected chi connectivity index (χ3v) is 10.9. The van der Waals surface area contributed by atoms with Crippen LogP contribution in [0.5, 0.6) is 0 Å². The van der Waals surface area contributed by atoms with Crippen LogP contribution in [0.2, 0.25) is 0 Å². The van der Waals surface area contributed by atoms with Gasteiger partial charge in [0.15, 0.2) is 10.3 Å². The monoisotopic (exact) mass is 738 g/mol. The molecule has 0 spiro atoms. The molecule has 0 radical (unpaired) electrons. The van der Waals surface area contributed by atoms with Gasteiger partial charge in [-0.25, -0.2) is 9.98 Å². The fraction of sp³-hybridized carbons (Fsp3) is 0.0435. The third kappa shape index (κ3) is 7.35. The maximum atomic E-state index is 14.0. The van der Waals surface area contributed by atoms with E-state index in [1.54, 1.807) is 9.80 Å². The second kappa shape index (κ2) is 15.4. The lowest BCUT2D eigenvalue weighted by Crippen LogP contribution is -2.29. The second-order valence-corrected chi connectivity index (χ2v) is 14.8. The zero-order valence-electron chi connectivity index (χ0n) is 29.6. The minimum atomic E-state index is -0.114. The summed E-state index contributed by atoms with van der Waals surface area (Å²) in [5, 5.41) is 1.21. The molecule has 2 saturated heterocycles. The molecular formula is C46H34N4O2S2. The molecule has 2 aliphatic rings. The summed E-state index contributed by atoms with van der Waals surface area (Å²) < 4.78 is 0. The number of hydrogen-bond acceptors (Lipinski definition) is 6. The Labute approximate surface area is 323 Å². The fourth-order valence-electron chi connectivity index (χ4n) is 6.32. The molecule has 6 nitrogen and oxygen atoms in total. The number of nitrogens with zero attached hydrogens (tertiary/aromatic N) is 4. The lowest BCUT2D eigenvalue weighted by atomic mass is 9.99. The van der Waals surface area contributed by atoms with Gasteiger partial charge in [-0.2, -0.15) is 0 Å². The quantitative estimate of drug-likeness (QED) is 0.153. The second-order valence-electron chi connectivity index (χ2n) is 12.8. The average Bonchev–Trinajstić information content (AvgIpc) is 3.66. The van der Waals surface area contributed by atoms with E-state index in [4.69, 9.17) is 9.98 Å². The molecule has 262 valence electrons. The number of anilines is 2. The number of carbonyl (C=O) groups is 2. The van der Waals surface area contributed by atoms with Gasteiger partial charge in [0.05, 0.1) is 32.6 Å². The van der Waals surface area contributed by atoms with Crippen molar-refractivity contribution in [3.63, 3.8) is 0 Å². The Morgan fingerprint density at radius 2 is 0.815 bits per heavy atom. The van der Waals surface area contributed by atoms with Crippen LogP contribution in [0.4, 0.5) is 22.7 Å². The van der Waals surface area contributed by atoms with E-state index in [9.17, 15) is 9.59 Å². The number of hydrogen-bond donors (Lipinski definition) is 0. The number of aliphatic imine (C=N–C) groups is 2. The molecule has 2 heterocycles. The summed E-state index contributed by atoms with van der Waals surface area (Å²) in [5.74, 6) is -0.229. The highest BCUT2D eigenvalue weighted by Gasteiger charge is 2.37. The molecule has 2 aliphatic heterocycles. The highest BCUT2D eigenvalue weighted by molar-refractivity contribution is 8.19. The molecule has 0 aromatic heterocycles. The normalized spacial score (nSPS) is 17.4. The molecule has 0 unspecified atom stereocenters. The molecule has 0 saturated carbocycles. The number of thioether (sulfide) groups is 2. The number of rotatable bonds is 7. The van der Waals surface area contributed by atoms with Crippen molar-refractivity contribution in [3.05, 3.63) is 190 Å². The Bertz CT molecular complexity index is 2320. The van der Waals surface area contributed by atoms with Gasteiger partial charge in [-0.3, -0.25) is 19.4 Å². The molecule has 0 N–H and O–H groups in total. The maximum Gasteiger partial charge on any atom is 0.271 e. The van der Waals surface area contributed by atoms with Crippen LogP contribution in [0.1, 0.15) is 22.3 Å². The van der Waals surface area contributed by atoms with Crippen LogP contribution in [0.3, 0.4) is 0 Å². The van der Waals surface area contributed by atoms with E-state index >= 15 is 0 Å². The van der Waals surface area contributed by atoms with Gasteiger partial charge >= 0.3 is 0 Å². The SMILES string of the molecule is Cc1cc(-c2ccc(N3C(=O)/C(=C\c4ccccc4)SC3=Nc3ccccc3)c(C)c2)ccc1N1C(=O)/C(=C\c2ccccc2)SC1=Nc1ccccc1. The first kappa shape index (κ1) is 34.8. The van der Waals surface area contributed by atoms with Gasteiger partial charge in [0.1, 0.15) is 0 Å². The van der Waals surface area contributed by atoms with E-state index in [1.165, 1.54) is 23.5 Å². The smallest absolute Gasteiger partial charge is 0.268 e. The van der Waals surface area contributed by atoms with Crippen LogP contribution < -0.4 is 9.80 Å². The van der Waals surface area contributed by atoms with Crippen molar-refractivity contribution in [3.8, 4) is 11.1 Å². The van der Waals surface area contributed by atoms with Crippen LogP contribution in [0.25, 0.3) is 23.3 Å². The van der Waals surface area contributed by atoms with Crippen LogP contribution >= 0.6 is 23.5 Å². The Kier molecular flexibility index (Phi) is 9.94. The summed E-state index contributed by atoms with van der Waals surface area (Å²) in [7, 11) is 0. The highest BCUT2D eigenvalue weighted by atomic mass is 32.2. The molecule has 0 atom stereocenters. The minimum Gasteiger partial charge on any atom is -0.268 e. The zero-order valence-corrected chi connectivity index (χ0v) is 31.2. The molecule has 2 amide bonds. The predicted molar refractivity (Wildman–Crippen MR) is 227 cm³/mol. The molecule has 8 rings (SSSR count). The Balaban J connectivity index is 1.12. The van der Waals surface area contributed by atoms with Gasteiger partial charge in [0.2, 0.25) is 0 Å². The first-order valence-electron chi connectivity index (χ1n) is 17.5. The lowest BCUT2D eigenvalue weighted by Gasteiger charge is -2.20. The van der Waals surface area contributed by atoms with Gasteiger partial charge < -0.3 is 0 Å². The fourth-order valence-corrected chi connectivity index (χ4v) is 8.31. The summed E-state index contributed by atoms with van der Waals surface area (Å²) in [4.78, 5) is 42.5. The summed E-state index contributed by atoms with van der Waals surface area (Å²) in [6, 6.07) is 51.4. The molecular weight excluding hydrogens is 705 g/mol. The van der Waals surface area contributed by atoms with Crippen molar-refractivity contribution < 1.29 is 9.59 Å². The Hall–Kier alpha value is -6.22. The summed E-state index contributed by atoms with van der Waals surface area (Å²) in [6.45, 7) is 4.04. The standard InChI is InChI=1S/C46H34N4O2S2/c1-31-27-35(23-25-39(31)49-43(51)41(29-33-15-7-3-8-16-33)53-45(49)47-37-19-11-5-12-20-37)36-24-26-40(32(2)28-36)50-44(52)42(30-34-17-9-4-10-18-34)54-46(50)48-38-21-13-6-14-22-38/h3-30H,1-2H3/b41-29+,42-30+,47-45?,48-46?. The largest absolute Gasteiger partial charge is 0.271 e. The van der Waals surface area contributed by atoms with E-state index in [0.29, 0.717) is 20.1 Å². The zero-order chi connectivity index (χ0) is 37.0. The molecule has 8 heteroatoms. The number of aryl methyl sites for hydroxylation is 2. The number of carbonyl (C=O) groups excluding carboxylic acids is 2. The summed E-state index contributed by atoms with van der Waals surface area (Å²) in [5.41, 5.74) is 8.87. The van der Waals surface area contributed by atoms with E-state index < -0.39 is 0 Å². The van der Waals surface area contributed by atoms with Gasteiger partial charge in [-0.15, -0.1) is 0 Å². The van der Waals surface area contributed by atoms with Crippen molar-refractivity contribution in [1.29, 1.82) is 0 Å². The Morgan fingerprint density at radius 1 is 0.463 bits per heavy atom. The van der Waals surface area contributed by atoms with E-state index in [0.717, 1.165) is 56.1 Å².